The summed E-state index contributed by atoms with van der Waals surface area (Å²) in [4.78, 5) is 14.2. The Kier molecular flexibility index (Phi) is 4.89. The van der Waals surface area contributed by atoms with E-state index in [1.165, 1.54) is 18.4 Å². The van der Waals surface area contributed by atoms with Crippen LogP contribution in [0.25, 0.3) is 0 Å². The molecule has 0 radical (unpaired) electrons. The third kappa shape index (κ3) is 3.24. The number of halogens is 2. The van der Waals surface area contributed by atoms with Gasteiger partial charge in [0, 0.05) is 35.5 Å². The molecule has 0 aromatic heterocycles. The smallest absolute Gasteiger partial charge is 0.137 e. The largest absolute Gasteiger partial charge is 0.299 e. The van der Waals surface area contributed by atoms with Crippen LogP contribution in [-0.4, -0.2) is 29.8 Å². The Bertz CT molecular complexity index is 317. The molecular weight excluding hydrogens is 257 g/mol. The highest BCUT2D eigenvalue weighted by molar-refractivity contribution is 6.36. The van der Waals surface area contributed by atoms with Crippen molar-refractivity contribution in [2.24, 2.45) is 5.92 Å². The second-order valence-corrected chi connectivity index (χ2v) is 5.76. The second-order valence-electron chi connectivity index (χ2n) is 5.05. The van der Waals surface area contributed by atoms with Gasteiger partial charge in [0.1, 0.15) is 5.78 Å². The molecule has 2 nitrogen and oxygen atoms in total. The normalized spacial score (nSPS) is 32.1. The van der Waals surface area contributed by atoms with Gasteiger partial charge in [0.15, 0.2) is 0 Å². The van der Waals surface area contributed by atoms with Crippen molar-refractivity contribution in [3.05, 3.63) is 10.6 Å². The van der Waals surface area contributed by atoms with E-state index < -0.39 is 0 Å². The highest BCUT2D eigenvalue weighted by Crippen LogP contribution is 2.33. The number of carbonyl (C=O) groups is 1. The molecule has 1 aliphatic heterocycles. The van der Waals surface area contributed by atoms with Gasteiger partial charge in [-0.2, -0.15) is 0 Å². The molecule has 2 rings (SSSR count). The zero-order valence-corrected chi connectivity index (χ0v) is 11.5. The van der Waals surface area contributed by atoms with Crippen molar-refractivity contribution in [1.29, 1.82) is 0 Å². The molecule has 1 saturated carbocycles. The minimum Gasteiger partial charge on any atom is -0.299 e. The van der Waals surface area contributed by atoms with Crippen LogP contribution in [0.3, 0.4) is 0 Å². The lowest BCUT2D eigenvalue weighted by atomic mass is 9.88. The van der Waals surface area contributed by atoms with E-state index in [-0.39, 0.29) is 5.92 Å². The van der Waals surface area contributed by atoms with Gasteiger partial charge in [0.05, 0.1) is 0 Å². The fourth-order valence-corrected chi connectivity index (χ4v) is 3.37. The van der Waals surface area contributed by atoms with Gasteiger partial charge in [-0.15, -0.1) is 0 Å². The summed E-state index contributed by atoms with van der Waals surface area (Å²) in [5, 5.41) is 0.670. The van der Waals surface area contributed by atoms with E-state index in [9.17, 15) is 4.79 Å². The van der Waals surface area contributed by atoms with E-state index in [2.05, 4.69) is 4.90 Å². The zero-order valence-electron chi connectivity index (χ0n) is 10.0. The molecule has 2 unspecified atom stereocenters. The zero-order chi connectivity index (χ0) is 12.3. The molecule has 0 amide bonds. The average Bonchev–Trinajstić information content (AvgIpc) is 2.76. The van der Waals surface area contributed by atoms with Crippen molar-refractivity contribution in [2.45, 2.75) is 44.6 Å². The van der Waals surface area contributed by atoms with Crippen molar-refractivity contribution in [1.82, 2.24) is 4.90 Å². The Morgan fingerprint density at radius 1 is 1.35 bits per heavy atom. The van der Waals surface area contributed by atoms with Crippen LogP contribution < -0.4 is 0 Å². The summed E-state index contributed by atoms with van der Waals surface area (Å²) in [6.45, 7) is 1.73. The quantitative estimate of drug-likeness (QED) is 0.786. The number of carbonyl (C=O) groups excluding carboxylic acids is 1. The lowest BCUT2D eigenvalue weighted by Gasteiger charge is -2.38. The summed E-state index contributed by atoms with van der Waals surface area (Å²) in [5.74, 6) is 0.697. The molecule has 4 heteroatoms. The van der Waals surface area contributed by atoms with Gasteiger partial charge < -0.3 is 0 Å². The molecule has 0 bridgehead atoms. The lowest BCUT2D eigenvalue weighted by Crippen LogP contribution is -2.45. The molecule has 96 valence electrons. The Hall–Kier alpha value is -0.0500. The molecule has 0 aromatic rings. The topological polar surface area (TPSA) is 20.3 Å². The van der Waals surface area contributed by atoms with Gasteiger partial charge in [-0.05, 0) is 32.2 Å². The maximum atomic E-state index is 11.9. The molecule has 0 aromatic carbocycles. The van der Waals surface area contributed by atoms with Crippen LogP contribution in [0.4, 0.5) is 0 Å². The molecule has 1 heterocycles. The summed E-state index contributed by atoms with van der Waals surface area (Å²) in [6.07, 6.45) is 6.45. The van der Waals surface area contributed by atoms with E-state index in [0.29, 0.717) is 23.4 Å². The van der Waals surface area contributed by atoms with E-state index in [4.69, 9.17) is 23.2 Å². The van der Waals surface area contributed by atoms with Crippen molar-refractivity contribution in [2.75, 3.05) is 13.1 Å². The molecule has 2 atom stereocenters. The van der Waals surface area contributed by atoms with Crippen LogP contribution in [0.15, 0.2) is 10.6 Å². The maximum absolute atomic E-state index is 11.9. The first-order valence-corrected chi connectivity index (χ1v) is 7.25. The Labute approximate surface area is 113 Å². The molecule has 2 fully saturated rings. The summed E-state index contributed by atoms with van der Waals surface area (Å²) < 4.78 is 0. The van der Waals surface area contributed by atoms with Gasteiger partial charge in [0.2, 0.25) is 0 Å². The van der Waals surface area contributed by atoms with Gasteiger partial charge >= 0.3 is 0 Å². The summed E-state index contributed by atoms with van der Waals surface area (Å²) >= 11 is 11.6. The van der Waals surface area contributed by atoms with Crippen molar-refractivity contribution >= 4 is 29.0 Å². The fourth-order valence-electron chi connectivity index (χ4n) is 3.15. The van der Waals surface area contributed by atoms with Crippen molar-refractivity contribution in [3.8, 4) is 0 Å². The molecule has 2 aliphatic rings. The minimum atomic E-state index is 0.245. The molecule has 1 saturated heterocycles. The second kappa shape index (κ2) is 6.21. The predicted molar refractivity (Wildman–Crippen MR) is 71.3 cm³/mol. The lowest BCUT2D eigenvalue weighted by molar-refractivity contribution is -0.123. The fraction of sp³-hybridized carbons (Fsp3) is 0.769. The number of rotatable bonds is 3. The Morgan fingerprint density at radius 2 is 2.18 bits per heavy atom. The van der Waals surface area contributed by atoms with Crippen LogP contribution >= 0.6 is 23.2 Å². The monoisotopic (exact) mass is 275 g/mol. The number of Topliss-reactive ketones (excluding diaryl/α,β-unsaturated/α-hetero) is 1. The number of likely N-dealkylation sites (tertiary alicyclic amines) is 1. The van der Waals surface area contributed by atoms with E-state index in [1.807, 2.05) is 0 Å². The Morgan fingerprint density at radius 3 is 2.82 bits per heavy atom. The van der Waals surface area contributed by atoms with Gasteiger partial charge in [0.25, 0.3) is 0 Å². The van der Waals surface area contributed by atoms with Crippen molar-refractivity contribution in [3.63, 3.8) is 0 Å². The van der Waals surface area contributed by atoms with Crippen molar-refractivity contribution < 1.29 is 4.79 Å². The van der Waals surface area contributed by atoms with Crippen LogP contribution in [-0.2, 0) is 4.79 Å². The van der Waals surface area contributed by atoms with E-state index >= 15 is 0 Å². The SMILES string of the molecule is O=C1CCCC1C1CCCCN1CC(Cl)=CCl. The third-order valence-electron chi connectivity index (χ3n) is 3.95. The van der Waals surface area contributed by atoms with Crippen LogP contribution in [0, 0.1) is 5.92 Å². The first-order valence-electron chi connectivity index (χ1n) is 6.44. The van der Waals surface area contributed by atoms with Crippen LogP contribution in [0.2, 0.25) is 0 Å². The van der Waals surface area contributed by atoms with Crippen LogP contribution in [0.1, 0.15) is 38.5 Å². The average molecular weight is 276 g/mol. The highest BCUT2D eigenvalue weighted by Gasteiger charge is 2.36. The number of hydrogen-bond donors (Lipinski definition) is 0. The number of hydrogen-bond acceptors (Lipinski definition) is 2. The Balaban J connectivity index is 2.03. The number of nitrogens with zero attached hydrogens (tertiary/aromatic N) is 1. The van der Waals surface area contributed by atoms with Crippen LogP contribution in [0.5, 0.6) is 0 Å². The first kappa shape index (κ1) is 13.4. The number of ketones is 1. The third-order valence-corrected chi connectivity index (χ3v) is 4.56. The molecule has 0 spiro atoms. The molecule has 0 N–H and O–H groups in total. The van der Waals surface area contributed by atoms with Gasteiger partial charge in [-0.3, -0.25) is 9.69 Å². The maximum Gasteiger partial charge on any atom is 0.137 e. The van der Waals surface area contributed by atoms with E-state index in [0.717, 1.165) is 32.2 Å². The van der Waals surface area contributed by atoms with E-state index in [1.54, 1.807) is 0 Å². The molecule has 17 heavy (non-hydrogen) atoms. The van der Waals surface area contributed by atoms with Gasteiger partial charge in [-0.25, -0.2) is 0 Å². The predicted octanol–water partition coefficient (Wildman–Crippen LogP) is 3.53. The molecular formula is C13H19Cl2NO. The summed E-state index contributed by atoms with van der Waals surface area (Å²) in [6, 6.07) is 0.393. The summed E-state index contributed by atoms with van der Waals surface area (Å²) in [7, 11) is 0. The summed E-state index contributed by atoms with van der Waals surface area (Å²) in [5.41, 5.74) is 1.43. The highest BCUT2D eigenvalue weighted by atomic mass is 35.5. The van der Waals surface area contributed by atoms with Gasteiger partial charge in [-0.1, -0.05) is 29.6 Å². The first-order chi connectivity index (χ1) is 8.22. The molecule has 1 aliphatic carbocycles. The number of piperidine rings is 1. The minimum absolute atomic E-state index is 0.245. The standard InChI is InChI=1S/C13H19Cl2NO/c14-8-10(15)9-16-7-2-1-5-12(16)11-4-3-6-13(11)17/h8,11-12H,1-7,9H2.